The zero-order chi connectivity index (χ0) is 13.4. The Morgan fingerprint density at radius 3 is 2.18 bits per heavy atom. The molecule has 0 aromatic rings. The Kier molecular flexibility index (Phi) is 3.83. The monoisotopic (exact) mass is 280 g/mol. The lowest BCUT2D eigenvalue weighted by Gasteiger charge is -2.27. The molecule has 2 atom stereocenters. The molecule has 1 nitrogen and oxygen atoms in total. The van der Waals surface area contributed by atoms with E-state index in [1.54, 1.807) is 0 Å². The van der Waals surface area contributed by atoms with Crippen LogP contribution < -0.4 is 0 Å². The third-order valence-corrected chi connectivity index (χ3v) is 2.66. The highest BCUT2D eigenvalue weighted by Gasteiger charge is 2.46. The van der Waals surface area contributed by atoms with Crippen molar-refractivity contribution in [2.24, 2.45) is 5.92 Å². The maximum absolute atomic E-state index is 12.4. The highest BCUT2D eigenvalue weighted by molar-refractivity contribution is 6.31. The Morgan fingerprint density at radius 1 is 1.24 bits per heavy atom. The van der Waals surface area contributed by atoms with Gasteiger partial charge in [-0.05, 0) is 12.5 Å². The highest BCUT2D eigenvalue weighted by atomic mass is 35.5. The lowest BCUT2D eigenvalue weighted by Crippen LogP contribution is -2.37. The summed E-state index contributed by atoms with van der Waals surface area (Å²) < 4.78 is 73.6. The molecule has 2 unspecified atom stereocenters. The normalized spacial score (nSPS) is 24.1. The first-order chi connectivity index (χ1) is 7.53. The quantitative estimate of drug-likeness (QED) is 0.729. The van der Waals surface area contributed by atoms with E-state index >= 15 is 0 Å². The second kappa shape index (κ2) is 4.53. The number of rotatable bonds is 1. The van der Waals surface area contributed by atoms with Crippen LogP contribution in [0.1, 0.15) is 6.42 Å². The lowest BCUT2D eigenvalue weighted by molar-refractivity contribution is -0.215. The van der Waals surface area contributed by atoms with Crippen LogP contribution in [0.5, 0.6) is 0 Å². The van der Waals surface area contributed by atoms with Crippen molar-refractivity contribution in [2.75, 3.05) is 0 Å². The molecule has 0 saturated heterocycles. The van der Waals surface area contributed by atoms with E-state index in [4.69, 9.17) is 16.7 Å². The van der Waals surface area contributed by atoms with Crippen LogP contribution in [0.4, 0.5) is 26.3 Å². The van der Waals surface area contributed by atoms with Crippen LogP contribution in [0.2, 0.25) is 0 Å². The molecule has 0 spiro atoms. The molecule has 0 fully saturated rings. The number of hydrogen-bond acceptors (Lipinski definition) is 1. The first kappa shape index (κ1) is 14.4. The van der Waals surface area contributed by atoms with Crippen molar-refractivity contribution in [1.29, 1.82) is 0 Å². The lowest BCUT2D eigenvalue weighted by atomic mass is 9.89. The molecule has 98 valence electrons. The van der Waals surface area contributed by atoms with Gasteiger partial charge in [0.2, 0.25) is 0 Å². The van der Waals surface area contributed by atoms with Crippen molar-refractivity contribution in [1.82, 2.24) is 0 Å². The Labute approximate surface area is 97.4 Å². The van der Waals surface area contributed by atoms with Gasteiger partial charge in [0.1, 0.15) is 0 Å². The molecule has 1 aliphatic carbocycles. The van der Waals surface area contributed by atoms with Crippen LogP contribution in [0.3, 0.4) is 0 Å². The maximum atomic E-state index is 12.4. The molecule has 1 rings (SSSR count). The summed E-state index contributed by atoms with van der Waals surface area (Å²) >= 11 is 5.26. The summed E-state index contributed by atoms with van der Waals surface area (Å²) in [6, 6.07) is 0. The number of aliphatic hydroxyl groups is 1. The van der Waals surface area contributed by atoms with Crippen molar-refractivity contribution < 1.29 is 31.4 Å². The van der Waals surface area contributed by atoms with Gasteiger partial charge in [-0.15, -0.1) is 0 Å². The molecule has 0 saturated carbocycles. The molecule has 0 heterocycles. The van der Waals surface area contributed by atoms with Crippen molar-refractivity contribution in [3.05, 3.63) is 22.8 Å². The first-order valence-corrected chi connectivity index (χ1v) is 4.80. The van der Waals surface area contributed by atoms with Gasteiger partial charge in [0.25, 0.3) is 0 Å². The Bertz CT molecular complexity index is 353. The second-order valence-electron chi connectivity index (χ2n) is 3.54. The third-order valence-electron chi connectivity index (χ3n) is 2.30. The molecule has 0 bridgehead atoms. The smallest absolute Gasteiger partial charge is 0.383 e. The van der Waals surface area contributed by atoms with E-state index in [9.17, 15) is 26.3 Å². The number of alkyl halides is 6. The van der Waals surface area contributed by atoms with Crippen LogP contribution in [-0.4, -0.2) is 23.6 Å². The predicted octanol–water partition coefficient (Wildman–Crippen LogP) is 3.54. The molecule has 1 aliphatic rings. The predicted molar refractivity (Wildman–Crippen MR) is 48.2 cm³/mol. The van der Waals surface area contributed by atoms with Crippen molar-refractivity contribution >= 4 is 11.6 Å². The third kappa shape index (κ3) is 3.38. The number of aliphatic hydroxyl groups excluding tert-OH is 1. The SMILES string of the molecule is OC(C1C=CC(Cl)=C(C(F)(F)F)C1)C(F)(F)F. The van der Waals surface area contributed by atoms with Crippen LogP contribution in [-0.2, 0) is 0 Å². The molecule has 0 aliphatic heterocycles. The Hall–Kier alpha value is -0.690. The fourth-order valence-corrected chi connectivity index (χ4v) is 1.68. The van der Waals surface area contributed by atoms with E-state index in [1.165, 1.54) is 0 Å². The topological polar surface area (TPSA) is 20.2 Å². The van der Waals surface area contributed by atoms with E-state index in [0.717, 1.165) is 12.2 Å². The highest BCUT2D eigenvalue weighted by Crippen LogP contribution is 2.41. The average molecular weight is 281 g/mol. The molecule has 8 heteroatoms. The minimum Gasteiger partial charge on any atom is -0.383 e. The van der Waals surface area contributed by atoms with Crippen LogP contribution in [0.25, 0.3) is 0 Å². The maximum Gasteiger partial charge on any atom is 0.414 e. The van der Waals surface area contributed by atoms with Gasteiger partial charge in [-0.25, -0.2) is 0 Å². The van der Waals surface area contributed by atoms with Gasteiger partial charge in [-0.1, -0.05) is 17.7 Å². The van der Waals surface area contributed by atoms with Crippen molar-refractivity contribution in [2.45, 2.75) is 24.9 Å². The zero-order valence-corrected chi connectivity index (χ0v) is 8.87. The zero-order valence-electron chi connectivity index (χ0n) is 8.11. The second-order valence-corrected chi connectivity index (χ2v) is 3.94. The van der Waals surface area contributed by atoms with Gasteiger partial charge >= 0.3 is 12.4 Å². The summed E-state index contributed by atoms with van der Waals surface area (Å²) in [5.41, 5.74) is -1.25. The van der Waals surface area contributed by atoms with E-state index < -0.39 is 41.4 Å². The van der Waals surface area contributed by atoms with E-state index in [-0.39, 0.29) is 0 Å². The molecule has 17 heavy (non-hydrogen) atoms. The summed E-state index contributed by atoms with van der Waals surface area (Å²) in [6.07, 6.45) is -12.0. The fraction of sp³-hybridized carbons (Fsp3) is 0.556. The van der Waals surface area contributed by atoms with Crippen LogP contribution in [0, 0.1) is 5.92 Å². The standard InChI is InChI=1S/C9H7ClF6O/c10-6-2-1-4(7(17)9(14,15)16)3-5(6)8(11,12)13/h1-2,4,7,17H,3H2. The molecule has 0 amide bonds. The fourth-order valence-electron chi connectivity index (χ4n) is 1.42. The largest absolute Gasteiger partial charge is 0.414 e. The minimum atomic E-state index is -4.96. The molecular weight excluding hydrogens is 274 g/mol. The summed E-state index contributed by atoms with van der Waals surface area (Å²) in [6.45, 7) is 0. The van der Waals surface area contributed by atoms with Crippen LogP contribution >= 0.6 is 11.6 Å². The van der Waals surface area contributed by atoms with E-state index in [0.29, 0.717) is 0 Å². The van der Waals surface area contributed by atoms with Gasteiger partial charge < -0.3 is 5.11 Å². The van der Waals surface area contributed by atoms with Crippen LogP contribution in [0.15, 0.2) is 22.8 Å². The van der Waals surface area contributed by atoms with Gasteiger partial charge in [-0.3, -0.25) is 0 Å². The molecular formula is C9H7ClF6O. The van der Waals surface area contributed by atoms with E-state index in [2.05, 4.69) is 0 Å². The number of hydrogen-bond donors (Lipinski definition) is 1. The Balaban J connectivity index is 2.92. The summed E-state index contributed by atoms with van der Waals surface area (Å²) in [5.74, 6) is -1.67. The average Bonchev–Trinajstić information content (AvgIpc) is 2.14. The summed E-state index contributed by atoms with van der Waals surface area (Å²) in [5, 5.41) is 8.22. The van der Waals surface area contributed by atoms with Gasteiger partial charge in [0.05, 0.1) is 5.57 Å². The minimum absolute atomic E-state index is 0.650. The van der Waals surface area contributed by atoms with Gasteiger partial charge in [-0.2, -0.15) is 26.3 Å². The van der Waals surface area contributed by atoms with Gasteiger partial charge in [0, 0.05) is 11.0 Å². The number of halogens is 7. The van der Waals surface area contributed by atoms with E-state index in [1.807, 2.05) is 0 Å². The molecule has 0 aromatic carbocycles. The summed E-state index contributed by atoms with van der Waals surface area (Å²) in [4.78, 5) is 0. The van der Waals surface area contributed by atoms with Crippen molar-refractivity contribution in [3.8, 4) is 0 Å². The first-order valence-electron chi connectivity index (χ1n) is 4.42. The number of allylic oxidation sites excluding steroid dienone is 3. The van der Waals surface area contributed by atoms with Crippen molar-refractivity contribution in [3.63, 3.8) is 0 Å². The molecule has 1 N–H and O–H groups in total. The Morgan fingerprint density at radius 2 is 1.76 bits per heavy atom. The van der Waals surface area contributed by atoms with Gasteiger partial charge in [0.15, 0.2) is 6.10 Å². The molecule has 0 radical (unpaired) electrons. The molecule has 0 aromatic heterocycles. The summed E-state index contributed by atoms with van der Waals surface area (Å²) in [7, 11) is 0.